The lowest BCUT2D eigenvalue weighted by Gasteiger charge is -2.29. The second-order valence-corrected chi connectivity index (χ2v) is 7.26. The Morgan fingerprint density at radius 2 is 1.75 bits per heavy atom. The van der Waals surface area contributed by atoms with Crippen molar-refractivity contribution in [1.29, 1.82) is 0 Å². The smallest absolute Gasteiger partial charge is 0.382 e. The van der Waals surface area contributed by atoms with Crippen LogP contribution in [0.4, 0.5) is 30.5 Å². The lowest BCUT2D eigenvalue weighted by molar-refractivity contribution is -0.137. The molecule has 1 aliphatic rings. The molecule has 0 unspecified atom stereocenters. The fourth-order valence-electron chi connectivity index (χ4n) is 3.57. The molecule has 3 N–H and O–H groups in total. The molecule has 1 fully saturated rings. The van der Waals surface area contributed by atoms with Gasteiger partial charge >= 0.3 is 6.18 Å². The Morgan fingerprint density at radius 1 is 1.03 bits per heavy atom. The molecule has 8 nitrogen and oxygen atoms in total. The summed E-state index contributed by atoms with van der Waals surface area (Å²) in [5.74, 6) is -0.621. The average Bonchev–Trinajstić information content (AvgIpc) is 2.80. The van der Waals surface area contributed by atoms with Crippen molar-refractivity contribution < 1.29 is 18.0 Å². The second kappa shape index (κ2) is 8.77. The normalized spacial score (nSPS) is 14.3. The van der Waals surface area contributed by atoms with Gasteiger partial charge in [-0.25, -0.2) is 15.0 Å². The number of rotatable bonds is 4. The van der Waals surface area contributed by atoms with Crippen LogP contribution in [0.1, 0.15) is 35.3 Å². The number of hydrogen-bond acceptors (Lipinski definition) is 7. The molecular weight excluding hydrogens is 423 g/mol. The Balaban J connectivity index is 1.66. The zero-order valence-electron chi connectivity index (χ0n) is 16.9. The molecule has 4 rings (SSSR count). The molecule has 1 saturated heterocycles. The molecule has 11 heteroatoms. The highest BCUT2D eigenvalue weighted by atomic mass is 19.4. The van der Waals surface area contributed by atoms with E-state index in [0.29, 0.717) is 5.82 Å². The molecule has 0 aromatic carbocycles. The number of aromatic nitrogens is 4. The second-order valence-electron chi connectivity index (χ2n) is 7.26. The molecule has 166 valence electrons. The Morgan fingerprint density at radius 3 is 2.50 bits per heavy atom. The molecule has 0 aliphatic carbocycles. The molecule has 0 bridgehead atoms. The third-order valence-electron chi connectivity index (χ3n) is 5.09. The Labute approximate surface area is 181 Å². The summed E-state index contributed by atoms with van der Waals surface area (Å²) in [4.78, 5) is 31.0. The minimum absolute atomic E-state index is 0.213. The van der Waals surface area contributed by atoms with Gasteiger partial charge < -0.3 is 16.0 Å². The molecule has 0 radical (unpaired) electrons. The van der Waals surface area contributed by atoms with Gasteiger partial charge in [0.05, 0.1) is 17.4 Å². The minimum atomic E-state index is -4.65. The maximum Gasteiger partial charge on any atom is 0.418 e. The van der Waals surface area contributed by atoms with E-state index >= 15 is 0 Å². The van der Waals surface area contributed by atoms with E-state index in [9.17, 15) is 18.0 Å². The molecule has 32 heavy (non-hydrogen) atoms. The summed E-state index contributed by atoms with van der Waals surface area (Å²) in [5.41, 5.74) is 4.63. The number of halogens is 3. The van der Waals surface area contributed by atoms with E-state index in [2.05, 4.69) is 30.2 Å². The molecule has 1 aliphatic heterocycles. The van der Waals surface area contributed by atoms with Crippen molar-refractivity contribution in [2.45, 2.75) is 25.4 Å². The highest BCUT2D eigenvalue weighted by Gasteiger charge is 2.35. The Bertz CT molecular complexity index is 1130. The van der Waals surface area contributed by atoms with Crippen LogP contribution in [0, 0.1) is 0 Å². The summed E-state index contributed by atoms with van der Waals surface area (Å²) >= 11 is 0. The van der Waals surface area contributed by atoms with Crippen molar-refractivity contribution in [3.05, 3.63) is 54.1 Å². The van der Waals surface area contributed by atoms with Crippen molar-refractivity contribution >= 4 is 23.2 Å². The number of amides is 1. The third kappa shape index (κ3) is 4.46. The quantitative estimate of drug-likeness (QED) is 0.631. The standard InChI is InChI=1S/C21H20F3N7O/c22-21(23,24)13-6-4-8-26-16(13)14-12-28-18(25)17(29-14)20(32)30-19-15(7-5-9-27-19)31-10-2-1-3-11-31/h4-9,12H,1-3,10-11H2,(H2,25,28)(H,27,30,32). The number of nitrogens with two attached hydrogens (primary N) is 1. The topological polar surface area (TPSA) is 110 Å². The first kappa shape index (κ1) is 21.5. The summed E-state index contributed by atoms with van der Waals surface area (Å²) in [5, 5.41) is 2.67. The first-order valence-corrected chi connectivity index (χ1v) is 10.0. The number of pyridine rings is 2. The molecule has 3 aromatic rings. The van der Waals surface area contributed by atoms with Gasteiger partial charge in [-0.05, 0) is 43.5 Å². The number of alkyl halides is 3. The largest absolute Gasteiger partial charge is 0.418 e. The van der Waals surface area contributed by atoms with Gasteiger partial charge in [-0.2, -0.15) is 13.2 Å². The highest BCUT2D eigenvalue weighted by molar-refractivity contribution is 6.06. The zero-order chi connectivity index (χ0) is 22.7. The highest BCUT2D eigenvalue weighted by Crippen LogP contribution is 2.35. The molecule has 1 amide bonds. The van der Waals surface area contributed by atoms with Gasteiger partial charge in [0.15, 0.2) is 17.3 Å². The van der Waals surface area contributed by atoms with E-state index < -0.39 is 23.3 Å². The zero-order valence-corrected chi connectivity index (χ0v) is 16.9. The average molecular weight is 443 g/mol. The van der Waals surface area contributed by atoms with Crippen molar-refractivity contribution in [3.8, 4) is 11.4 Å². The predicted octanol–water partition coefficient (Wildman–Crippen LogP) is 3.78. The van der Waals surface area contributed by atoms with E-state index in [1.54, 1.807) is 6.07 Å². The van der Waals surface area contributed by atoms with Gasteiger partial charge in [0.1, 0.15) is 11.4 Å². The first-order valence-electron chi connectivity index (χ1n) is 10.0. The summed E-state index contributed by atoms with van der Waals surface area (Å²) < 4.78 is 40.1. The molecule has 4 heterocycles. The molecule has 0 spiro atoms. The van der Waals surface area contributed by atoms with Gasteiger partial charge in [-0.3, -0.25) is 9.78 Å². The van der Waals surface area contributed by atoms with Gasteiger partial charge in [0, 0.05) is 25.5 Å². The first-order chi connectivity index (χ1) is 15.3. The summed E-state index contributed by atoms with van der Waals surface area (Å²) in [6, 6.07) is 5.68. The Hall–Kier alpha value is -3.76. The van der Waals surface area contributed by atoms with Crippen LogP contribution in [0.25, 0.3) is 11.4 Å². The number of piperidine rings is 1. The van der Waals surface area contributed by atoms with Crippen molar-refractivity contribution in [1.82, 2.24) is 19.9 Å². The summed E-state index contributed by atoms with van der Waals surface area (Å²) in [6.45, 7) is 1.68. The van der Waals surface area contributed by atoms with Gasteiger partial charge in [0.2, 0.25) is 0 Å². The monoisotopic (exact) mass is 443 g/mol. The number of nitrogens with zero attached hydrogens (tertiary/aromatic N) is 5. The number of carbonyl (C=O) groups excluding carboxylic acids is 1. The number of hydrogen-bond donors (Lipinski definition) is 2. The van der Waals surface area contributed by atoms with Crippen LogP contribution in [0.15, 0.2) is 42.9 Å². The van der Waals surface area contributed by atoms with Crippen LogP contribution in [0.3, 0.4) is 0 Å². The predicted molar refractivity (Wildman–Crippen MR) is 113 cm³/mol. The van der Waals surface area contributed by atoms with Crippen LogP contribution in [0.2, 0.25) is 0 Å². The van der Waals surface area contributed by atoms with Crippen molar-refractivity contribution in [3.63, 3.8) is 0 Å². The minimum Gasteiger partial charge on any atom is -0.382 e. The third-order valence-corrected chi connectivity index (χ3v) is 5.09. The summed E-state index contributed by atoms with van der Waals surface area (Å²) in [7, 11) is 0. The van der Waals surface area contributed by atoms with E-state index in [-0.39, 0.29) is 17.2 Å². The summed E-state index contributed by atoms with van der Waals surface area (Å²) in [6.07, 6.45) is 2.38. The van der Waals surface area contributed by atoms with Crippen molar-refractivity contribution in [2.75, 3.05) is 29.0 Å². The number of nitrogen functional groups attached to an aromatic ring is 1. The maximum atomic E-state index is 13.4. The van der Waals surface area contributed by atoms with Crippen LogP contribution in [-0.2, 0) is 6.18 Å². The molecule has 0 atom stereocenters. The SMILES string of the molecule is Nc1ncc(-c2ncccc2C(F)(F)F)nc1C(=O)Nc1ncccc1N1CCCCC1. The fourth-order valence-corrected chi connectivity index (χ4v) is 3.57. The van der Waals surface area contributed by atoms with Crippen LogP contribution in [0.5, 0.6) is 0 Å². The maximum absolute atomic E-state index is 13.4. The van der Waals surface area contributed by atoms with E-state index in [1.165, 1.54) is 18.5 Å². The molecular formula is C21H20F3N7O. The van der Waals surface area contributed by atoms with Gasteiger partial charge in [-0.15, -0.1) is 0 Å². The van der Waals surface area contributed by atoms with Crippen molar-refractivity contribution in [2.24, 2.45) is 0 Å². The molecule has 0 saturated carbocycles. The van der Waals surface area contributed by atoms with Crippen LogP contribution in [-0.4, -0.2) is 38.9 Å². The number of carbonyl (C=O) groups is 1. The number of nitrogens with one attached hydrogen (secondary N) is 1. The van der Waals surface area contributed by atoms with Crippen LogP contribution < -0.4 is 16.0 Å². The molecule has 3 aromatic heterocycles. The van der Waals surface area contributed by atoms with E-state index in [0.717, 1.165) is 50.3 Å². The van der Waals surface area contributed by atoms with Gasteiger partial charge in [0.25, 0.3) is 5.91 Å². The van der Waals surface area contributed by atoms with Crippen LogP contribution >= 0.6 is 0 Å². The van der Waals surface area contributed by atoms with Gasteiger partial charge in [-0.1, -0.05) is 0 Å². The fraction of sp³-hybridized carbons (Fsp3) is 0.286. The van der Waals surface area contributed by atoms with E-state index in [4.69, 9.17) is 5.73 Å². The lowest BCUT2D eigenvalue weighted by atomic mass is 10.1. The number of anilines is 3. The van der Waals surface area contributed by atoms with E-state index in [1.807, 2.05) is 6.07 Å². The Kier molecular flexibility index (Phi) is 5.89. The lowest BCUT2D eigenvalue weighted by Crippen LogP contribution is -2.31.